The molecule has 2 heteroatoms. The number of rotatable bonds is 1. The molecule has 34 heavy (non-hydrogen) atoms. The van der Waals surface area contributed by atoms with Gasteiger partial charge in [0.05, 0.1) is 0 Å². The van der Waals surface area contributed by atoms with Gasteiger partial charge in [0.1, 0.15) is 0 Å². The summed E-state index contributed by atoms with van der Waals surface area (Å²) in [6.07, 6.45) is 10.4. The standard InChI is InChI=1S/C32H50O2/c1-20(2)21-11-13-27(5)15-16-28(6)22(24(21)27)12-14-31(9)30(28,8)18-17-29(7)26(3,4)25(34)23(33)19-32(29,31)10/h21-22,24H,1,11-19H2,2-10H3/t21-,22+,24+,27+,28+,29-,30-,31-,32-/m0/s1. The Bertz CT molecular complexity index is 975. The van der Waals surface area contributed by atoms with Gasteiger partial charge in [0.15, 0.2) is 5.78 Å². The second-order valence-electron chi connectivity index (χ2n) is 15.6. The van der Waals surface area contributed by atoms with E-state index in [9.17, 15) is 9.59 Å². The highest BCUT2D eigenvalue weighted by Gasteiger charge is 2.78. The molecule has 0 heterocycles. The lowest BCUT2D eigenvalue weighted by atomic mass is 9.25. The summed E-state index contributed by atoms with van der Waals surface area (Å²) < 4.78 is 0. The monoisotopic (exact) mass is 466 g/mol. The molecule has 0 bridgehead atoms. The summed E-state index contributed by atoms with van der Waals surface area (Å²) in [5, 5.41) is 0. The van der Waals surface area contributed by atoms with E-state index in [0.29, 0.717) is 17.8 Å². The Morgan fingerprint density at radius 3 is 1.97 bits per heavy atom. The Morgan fingerprint density at radius 1 is 0.735 bits per heavy atom. The highest BCUT2D eigenvalue weighted by Crippen LogP contribution is 2.83. The van der Waals surface area contributed by atoms with Crippen LogP contribution in [0.4, 0.5) is 0 Å². The number of Topliss-reactive ketones (excluding diaryl/α,β-unsaturated/α-hetero) is 2. The van der Waals surface area contributed by atoms with E-state index < -0.39 is 5.41 Å². The third-order valence-corrected chi connectivity index (χ3v) is 15.1. The lowest BCUT2D eigenvalue weighted by Crippen LogP contribution is -2.74. The van der Waals surface area contributed by atoms with Gasteiger partial charge in [-0.3, -0.25) is 9.59 Å². The third-order valence-electron chi connectivity index (χ3n) is 15.1. The molecular formula is C32H50O2. The van der Waals surface area contributed by atoms with Gasteiger partial charge in [-0.2, -0.15) is 0 Å². The van der Waals surface area contributed by atoms with Crippen LogP contribution in [0.2, 0.25) is 0 Å². The first-order valence-corrected chi connectivity index (χ1v) is 14.2. The normalized spacial score (nSPS) is 56.2. The van der Waals surface area contributed by atoms with Crippen molar-refractivity contribution in [1.82, 2.24) is 0 Å². The van der Waals surface area contributed by atoms with Gasteiger partial charge in [-0.25, -0.2) is 0 Å². The molecule has 5 fully saturated rings. The quantitative estimate of drug-likeness (QED) is 0.288. The first kappa shape index (κ1) is 24.8. The molecule has 0 aromatic heterocycles. The molecule has 0 radical (unpaired) electrons. The molecule has 5 aliphatic rings. The smallest absolute Gasteiger partial charge is 0.204 e. The summed E-state index contributed by atoms with van der Waals surface area (Å²) >= 11 is 0. The Kier molecular flexibility index (Phi) is 4.87. The summed E-state index contributed by atoms with van der Waals surface area (Å²) in [6, 6.07) is 0. The van der Waals surface area contributed by atoms with Gasteiger partial charge >= 0.3 is 0 Å². The summed E-state index contributed by atoms with van der Waals surface area (Å²) in [5.41, 5.74) is 1.41. The molecule has 9 atom stereocenters. The Labute approximate surface area is 209 Å². The molecule has 0 aromatic carbocycles. The maximum Gasteiger partial charge on any atom is 0.204 e. The third kappa shape index (κ3) is 2.36. The van der Waals surface area contributed by atoms with Gasteiger partial charge in [0.2, 0.25) is 5.78 Å². The summed E-state index contributed by atoms with van der Waals surface area (Å²) in [7, 11) is 0. The minimum absolute atomic E-state index is 0.0386. The van der Waals surface area contributed by atoms with E-state index in [2.05, 4.69) is 68.9 Å². The van der Waals surface area contributed by atoms with E-state index >= 15 is 0 Å². The SMILES string of the molecule is C=C(C)[C@@H]1CC[C@]2(C)CC[C@]3(C)[C@H](CC[C@]4(C)[C@@]5(C)CC(=O)C(=O)C(C)(C)[C@]5(C)CC[C@]43C)[C@@H]12. The van der Waals surface area contributed by atoms with Crippen molar-refractivity contribution in [2.75, 3.05) is 0 Å². The lowest BCUT2D eigenvalue weighted by Gasteiger charge is -2.79. The molecule has 5 aliphatic carbocycles. The van der Waals surface area contributed by atoms with Gasteiger partial charge in [0, 0.05) is 11.8 Å². The second kappa shape index (κ2) is 6.69. The van der Waals surface area contributed by atoms with Crippen molar-refractivity contribution < 1.29 is 9.59 Å². The fraction of sp³-hybridized carbons (Fsp3) is 0.875. The molecule has 0 unspecified atom stereocenters. The number of allylic oxidation sites excluding steroid dienone is 1. The predicted molar refractivity (Wildman–Crippen MR) is 139 cm³/mol. The van der Waals surface area contributed by atoms with Crippen LogP contribution in [0.15, 0.2) is 12.2 Å². The zero-order valence-corrected chi connectivity index (χ0v) is 23.6. The van der Waals surface area contributed by atoms with Crippen molar-refractivity contribution in [3.05, 3.63) is 12.2 Å². The summed E-state index contributed by atoms with van der Waals surface area (Å²) in [6.45, 7) is 26.1. The summed E-state index contributed by atoms with van der Waals surface area (Å²) in [5.74, 6) is 1.91. The fourth-order valence-corrected chi connectivity index (χ4v) is 11.8. The van der Waals surface area contributed by atoms with Gasteiger partial charge in [-0.1, -0.05) is 67.5 Å². The maximum atomic E-state index is 13.2. The number of ketones is 2. The first-order chi connectivity index (χ1) is 15.5. The highest BCUT2D eigenvalue weighted by atomic mass is 16.2. The molecule has 0 spiro atoms. The molecule has 0 aliphatic heterocycles. The molecule has 0 saturated heterocycles. The zero-order valence-electron chi connectivity index (χ0n) is 23.6. The second-order valence-corrected chi connectivity index (χ2v) is 15.6. The number of fused-ring (bicyclic) bond motifs is 7. The van der Waals surface area contributed by atoms with Crippen LogP contribution < -0.4 is 0 Å². The number of hydrogen-bond acceptors (Lipinski definition) is 2. The van der Waals surface area contributed by atoms with Crippen molar-refractivity contribution in [3.8, 4) is 0 Å². The van der Waals surface area contributed by atoms with Crippen LogP contribution in [-0.4, -0.2) is 11.6 Å². The topological polar surface area (TPSA) is 34.1 Å². The van der Waals surface area contributed by atoms with Crippen LogP contribution in [-0.2, 0) is 9.59 Å². The van der Waals surface area contributed by atoms with E-state index in [1.54, 1.807) is 0 Å². The highest BCUT2D eigenvalue weighted by molar-refractivity contribution is 6.40. The van der Waals surface area contributed by atoms with E-state index in [4.69, 9.17) is 0 Å². The van der Waals surface area contributed by atoms with Crippen LogP contribution >= 0.6 is 0 Å². The van der Waals surface area contributed by atoms with Gasteiger partial charge in [-0.15, -0.1) is 0 Å². The van der Waals surface area contributed by atoms with Crippen molar-refractivity contribution >= 4 is 11.6 Å². The number of carbonyl (C=O) groups is 2. The minimum atomic E-state index is -0.596. The molecule has 0 N–H and O–H groups in total. The average molecular weight is 467 g/mol. The van der Waals surface area contributed by atoms with Crippen LogP contribution in [0.5, 0.6) is 0 Å². The molecule has 190 valence electrons. The molecule has 5 saturated carbocycles. The maximum absolute atomic E-state index is 13.2. The predicted octanol–water partition coefficient (Wildman–Crippen LogP) is 8.19. The van der Waals surface area contributed by atoms with Crippen LogP contribution in [0.3, 0.4) is 0 Å². The molecular weight excluding hydrogens is 416 g/mol. The molecule has 2 nitrogen and oxygen atoms in total. The number of hydrogen-bond donors (Lipinski definition) is 0. The van der Waals surface area contributed by atoms with Crippen molar-refractivity contribution in [2.24, 2.45) is 55.7 Å². The van der Waals surface area contributed by atoms with E-state index in [-0.39, 0.29) is 38.6 Å². The Hall–Kier alpha value is -0.920. The zero-order chi connectivity index (χ0) is 25.3. The van der Waals surface area contributed by atoms with E-state index in [1.165, 1.54) is 50.5 Å². The lowest BCUT2D eigenvalue weighted by molar-refractivity contribution is -0.298. The fourth-order valence-electron chi connectivity index (χ4n) is 11.8. The van der Waals surface area contributed by atoms with Gasteiger partial charge < -0.3 is 0 Å². The van der Waals surface area contributed by atoms with Crippen LogP contribution in [0.1, 0.15) is 120 Å². The molecule has 0 aromatic rings. The van der Waals surface area contributed by atoms with Crippen molar-refractivity contribution in [1.29, 1.82) is 0 Å². The van der Waals surface area contributed by atoms with Gasteiger partial charge in [-0.05, 0) is 109 Å². The average Bonchev–Trinajstić information content (AvgIpc) is 3.10. The minimum Gasteiger partial charge on any atom is -0.291 e. The molecule has 0 amide bonds. The van der Waals surface area contributed by atoms with Crippen LogP contribution in [0, 0.1) is 55.7 Å². The van der Waals surface area contributed by atoms with E-state index in [0.717, 1.165) is 18.3 Å². The van der Waals surface area contributed by atoms with E-state index in [1.807, 2.05) is 0 Å². The van der Waals surface area contributed by atoms with Gasteiger partial charge in [0.25, 0.3) is 0 Å². The van der Waals surface area contributed by atoms with Crippen molar-refractivity contribution in [3.63, 3.8) is 0 Å². The molecule has 5 rings (SSSR count). The Balaban J connectivity index is 1.65. The van der Waals surface area contributed by atoms with Crippen molar-refractivity contribution in [2.45, 2.75) is 120 Å². The Morgan fingerprint density at radius 2 is 1.35 bits per heavy atom. The van der Waals surface area contributed by atoms with Crippen LogP contribution in [0.25, 0.3) is 0 Å². The first-order valence-electron chi connectivity index (χ1n) is 14.2. The largest absolute Gasteiger partial charge is 0.291 e. The number of carbonyl (C=O) groups excluding carboxylic acids is 2. The summed E-state index contributed by atoms with van der Waals surface area (Å²) in [4.78, 5) is 26.4.